The molecule has 132 valence electrons. The Morgan fingerprint density at radius 3 is 2.72 bits per heavy atom. The van der Waals surface area contributed by atoms with Crippen LogP contribution in [0.5, 0.6) is 0 Å². The smallest absolute Gasteiger partial charge is 0.407 e. The number of carbonyl (C=O) groups is 1. The number of nitrogens with one attached hydrogen (secondary N) is 2. The Labute approximate surface area is 157 Å². The predicted molar refractivity (Wildman–Crippen MR) is 104 cm³/mol. The quantitative estimate of drug-likeness (QED) is 0.733. The SMILES string of the molecule is CC[C@@H]1Nc2ccc(Br)cc2[C@H](NC(=O)OCc2ccccc2)[C@@H]1C. The molecule has 1 heterocycles. The third-order valence-electron chi connectivity index (χ3n) is 4.78. The summed E-state index contributed by atoms with van der Waals surface area (Å²) in [5.41, 5.74) is 3.13. The van der Waals surface area contributed by atoms with Gasteiger partial charge in [0, 0.05) is 22.1 Å². The van der Waals surface area contributed by atoms with Gasteiger partial charge in [0.2, 0.25) is 0 Å². The normalized spacial score (nSPS) is 21.8. The monoisotopic (exact) mass is 402 g/mol. The molecule has 5 heteroatoms. The van der Waals surface area contributed by atoms with Crippen LogP contribution in [-0.2, 0) is 11.3 Å². The highest BCUT2D eigenvalue weighted by atomic mass is 79.9. The predicted octanol–water partition coefficient (Wildman–Crippen LogP) is 5.26. The fourth-order valence-electron chi connectivity index (χ4n) is 3.34. The number of amides is 1. The van der Waals surface area contributed by atoms with Crippen molar-refractivity contribution in [1.29, 1.82) is 0 Å². The van der Waals surface area contributed by atoms with E-state index in [1.165, 1.54) is 0 Å². The van der Waals surface area contributed by atoms with Crippen molar-refractivity contribution in [2.75, 3.05) is 5.32 Å². The van der Waals surface area contributed by atoms with Gasteiger partial charge in [0.1, 0.15) is 6.61 Å². The summed E-state index contributed by atoms with van der Waals surface area (Å²) in [6, 6.07) is 16.1. The van der Waals surface area contributed by atoms with Crippen LogP contribution in [0.4, 0.5) is 10.5 Å². The maximum absolute atomic E-state index is 12.4. The molecule has 2 aromatic rings. The molecule has 3 atom stereocenters. The molecule has 1 aliphatic heterocycles. The number of rotatable bonds is 4. The van der Waals surface area contributed by atoms with E-state index in [-0.39, 0.29) is 24.7 Å². The topological polar surface area (TPSA) is 50.4 Å². The first-order chi connectivity index (χ1) is 12.1. The number of fused-ring (bicyclic) bond motifs is 1. The van der Waals surface area contributed by atoms with Crippen LogP contribution in [0.1, 0.15) is 37.4 Å². The van der Waals surface area contributed by atoms with Crippen LogP contribution >= 0.6 is 15.9 Å². The third-order valence-corrected chi connectivity index (χ3v) is 5.27. The average molecular weight is 403 g/mol. The zero-order chi connectivity index (χ0) is 17.8. The van der Waals surface area contributed by atoms with E-state index in [1.54, 1.807) is 0 Å². The van der Waals surface area contributed by atoms with Gasteiger partial charge >= 0.3 is 6.09 Å². The lowest BCUT2D eigenvalue weighted by Crippen LogP contribution is -2.43. The summed E-state index contributed by atoms with van der Waals surface area (Å²) in [5.74, 6) is 0.260. The molecule has 0 bridgehead atoms. The van der Waals surface area contributed by atoms with E-state index in [1.807, 2.05) is 36.4 Å². The maximum Gasteiger partial charge on any atom is 0.407 e. The van der Waals surface area contributed by atoms with Gasteiger partial charge in [-0.25, -0.2) is 4.79 Å². The van der Waals surface area contributed by atoms with Crippen LogP contribution in [0.25, 0.3) is 0 Å². The first-order valence-corrected chi connectivity index (χ1v) is 9.41. The number of halogens is 1. The molecule has 0 aliphatic carbocycles. The lowest BCUT2D eigenvalue weighted by molar-refractivity contribution is 0.130. The molecule has 1 aliphatic rings. The molecular formula is C20H23BrN2O2. The second kappa shape index (κ2) is 7.91. The maximum atomic E-state index is 12.4. The van der Waals surface area contributed by atoms with Crippen LogP contribution in [-0.4, -0.2) is 12.1 Å². The summed E-state index contributed by atoms with van der Waals surface area (Å²) in [6.45, 7) is 4.59. The molecule has 2 aromatic carbocycles. The minimum absolute atomic E-state index is 0.0815. The number of benzene rings is 2. The summed E-state index contributed by atoms with van der Waals surface area (Å²) in [6.07, 6.45) is 0.608. The van der Waals surface area contributed by atoms with Crippen LogP contribution < -0.4 is 10.6 Å². The highest BCUT2D eigenvalue weighted by molar-refractivity contribution is 9.10. The van der Waals surface area contributed by atoms with E-state index in [0.717, 1.165) is 27.7 Å². The molecule has 0 saturated heterocycles. The van der Waals surface area contributed by atoms with Gasteiger partial charge in [-0.3, -0.25) is 0 Å². The molecule has 0 spiro atoms. The van der Waals surface area contributed by atoms with Crippen molar-refractivity contribution in [3.63, 3.8) is 0 Å². The van der Waals surface area contributed by atoms with E-state index in [2.05, 4.69) is 52.5 Å². The van der Waals surface area contributed by atoms with Crippen LogP contribution in [0.3, 0.4) is 0 Å². The molecule has 2 N–H and O–H groups in total. The minimum atomic E-state index is -0.386. The second-order valence-corrected chi connectivity index (χ2v) is 7.35. The Morgan fingerprint density at radius 1 is 1.24 bits per heavy atom. The number of carbonyl (C=O) groups excluding carboxylic acids is 1. The number of hydrogen-bond donors (Lipinski definition) is 2. The lowest BCUT2D eigenvalue weighted by Gasteiger charge is -2.38. The van der Waals surface area contributed by atoms with Crippen LogP contribution in [0, 0.1) is 5.92 Å². The highest BCUT2D eigenvalue weighted by Gasteiger charge is 2.34. The summed E-state index contributed by atoms with van der Waals surface area (Å²) in [5, 5.41) is 6.64. The van der Waals surface area contributed by atoms with Crippen molar-refractivity contribution in [3.8, 4) is 0 Å². The van der Waals surface area contributed by atoms with Crippen molar-refractivity contribution < 1.29 is 9.53 Å². The molecular weight excluding hydrogens is 380 g/mol. The number of alkyl carbamates (subject to hydrolysis) is 1. The molecule has 0 saturated carbocycles. The Kier molecular flexibility index (Phi) is 5.63. The van der Waals surface area contributed by atoms with Gasteiger partial charge in [-0.1, -0.05) is 60.1 Å². The molecule has 0 fully saturated rings. The highest BCUT2D eigenvalue weighted by Crippen LogP contribution is 2.39. The van der Waals surface area contributed by atoms with Gasteiger partial charge in [0.05, 0.1) is 6.04 Å². The van der Waals surface area contributed by atoms with Gasteiger partial charge in [0.25, 0.3) is 0 Å². The Morgan fingerprint density at radius 2 is 2.00 bits per heavy atom. The number of ether oxygens (including phenoxy) is 1. The van der Waals surface area contributed by atoms with E-state index in [4.69, 9.17) is 4.74 Å². The number of anilines is 1. The first kappa shape index (κ1) is 17.8. The number of hydrogen-bond acceptors (Lipinski definition) is 3. The Bertz CT molecular complexity index is 736. The van der Waals surface area contributed by atoms with Crippen molar-refractivity contribution in [1.82, 2.24) is 5.32 Å². The summed E-state index contributed by atoms with van der Waals surface area (Å²) < 4.78 is 6.41. The zero-order valence-corrected chi connectivity index (χ0v) is 16.0. The van der Waals surface area contributed by atoms with Crippen molar-refractivity contribution in [3.05, 3.63) is 64.1 Å². The summed E-state index contributed by atoms with van der Waals surface area (Å²) in [4.78, 5) is 12.4. The second-order valence-electron chi connectivity index (χ2n) is 6.43. The Balaban J connectivity index is 1.73. The third kappa shape index (κ3) is 4.15. The molecule has 3 rings (SSSR count). The minimum Gasteiger partial charge on any atom is -0.445 e. The van der Waals surface area contributed by atoms with E-state index in [0.29, 0.717) is 6.04 Å². The van der Waals surface area contributed by atoms with E-state index >= 15 is 0 Å². The van der Waals surface area contributed by atoms with Crippen LogP contribution in [0.2, 0.25) is 0 Å². The zero-order valence-electron chi connectivity index (χ0n) is 14.5. The fraction of sp³-hybridized carbons (Fsp3) is 0.350. The molecule has 1 amide bonds. The van der Waals surface area contributed by atoms with Gasteiger partial charge in [-0.15, -0.1) is 0 Å². The summed E-state index contributed by atoms with van der Waals surface area (Å²) in [7, 11) is 0. The van der Waals surface area contributed by atoms with E-state index in [9.17, 15) is 4.79 Å². The van der Waals surface area contributed by atoms with Crippen molar-refractivity contribution in [2.24, 2.45) is 5.92 Å². The van der Waals surface area contributed by atoms with Gasteiger partial charge in [-0.2, -0.15) is 0 Å². The van der Waals surface area contributed by atoms with Crippen molar-refractivity contribution in [2.45, 2.75) is 39.0 Å². The van der Waals surface area contributed by atoms with Crippen molar-refractivity contribution >= 4 is 27.7 Å². The molecule has 4 nitrogen and oxygen atoms in total. The standard InChI is InChI=1S/C20H23BrN2O2/c1-3-17-13(2)19(16-11-15(21)9-10-18(16)22-17)23-20(24)25-12-14-7-5-4-6-8-14/h4-11,13,17,19,22H,3,12H2,1-2H3,(H,23,24)/t13-,17+,19-/m1/s1. The van der Waals surface area contributed by atoms with Gasteiger partial charge in [0.15, 0.2) is 0 Å². The first-order valence-electron chi connectivity index (χ1n) is 8.61. The Hall–Kier alpha value is -2.01. The molecule has 25 heavy (non-hydrogen) atoms. The van der Waals surface area contributed by atoms with Gasteiger partial charge in [-0.05, 0) is 35.7 Å². The fourth-order valence-corrected chi connectivity index (χ4v) is 3.72. The average Bonchev–Trinajstić information content (AvgIpc) is 2.63. The van der Waals surface area contributed by atoms with Gasteiger partial charge < -0.3 is 15.4 Å². The largest absolute Gasteiger partial charge is 0.445 e. The van der Waals surface area contributed by atoms with Crippen LogP contribution in [0.15, 0.2) is 53.0 Å². The van der Waals surface area contributed by atoms with E-state index < -0.39 is 0 Å². The molecule has 0 radical (unpaired) electrons. The lowest BCUT2D eigenvalue weighted by atomic mass is 9.83. The molecule has 0 aromatic heterocycles. The summed E-state index contributed by atoms with van der Waals surface area (Å²) >= 11 is 3.53. The molecule has 0 unspecified atom stereocenters.